The summed E-state index contributed by atoms with van der Waals surface area (Å²) in [6.07, 6.45) is -1.89. The average molecular weight is 507 g/mol. The number of methoxy groups -OCH3 is 1. The molecule has 8 nitrogen and oxygen atoms in total. The van der Waals surface area contributed by atoms with Crippen LogP contribution in [0, 0.1) is 0 Å². The number of fused-ring (bicyclic) bond motifs is 1. The molecule has 1 aliphatic rings. The van der Waals surface area contributed by atoms with Crippen LogP contribution >= 0.6 is 0 Å². The molecule has 11 heteroatoms. The third-order valence-corrected chi connectivity index (χ3v) is 5.95. The van der Waals surface area contributed by atoms with Gasteiger partial charge in [0.15, 0.2) is 5.69 Å². The Hall–Kier alpha value is -4.67. The van der Waals surface area contributed by atoms with Crippen LogP contribution in [0.1, 0.15) is 32.1 Å². The number of halogens is 3. The van der Waals surface area contributed by atoms with Crippen molar-refractivity contribution in [3.63, 3.8) is 0 Å². The summed E-state index contributed by atoms with van der Waals surface area (Å²) >= 11 is 0. The average Bonchev–Trinajstić information content (AvgIpc) is 3.31. The van der Waals surface area contributed by atoms with Crippen LogP contribution in [0.25, 0.3) is 5.69 Å². The fraction of sp³-hybridized carbons (Fsp3) is 0.154. The number of aromatic nitrogens is 3. The van der Waals surface area contributed by atoms with Gasteiger partial charge >= 0.3 is 6.18 Å². The number of carbonyl (C=O) groups excluding carboxylic acids is 2. The number of nitrogens with zero attached hydrogens (tertiary/aromatic N) is 4. The number of alkyl halides is 3. The predicted molar refractivity (Wildman–Crippen MR) is 129 cm³/mol. The van der Waals surface area contributed by atoms with Crippen molar-refractivity contribution in [1.82, 2.24) is 14.8 Å². The first-order valence-corrected chi connectivity index (χ1v) is 11.2. The van der Waals surface area contributed by atoms with Crippen molar-refractivity contribution >= 4 is 23.2 Å². The summed E-state index contributed by atoms with van der Waals surface area (Å²) in [6, 6.07) is 16.2. The van der Waals surface area contributed by atoms with Crippen molar-refractivity contribution < 1.29 is 27.5 Å². The van der Waals surface area contributed by atoms with E-state index in [0.29, 0.717) is 17.1 Å². The molecule has 0 saturated carbocycles. The van der Waals surface area contributed by atoms with Crippen molar-refractivity contribution in [1.29, 1.82) is 0 Å². The minimum Gasteiger partial charge on any atom is -0.497 e. The van der Waals surface area contributed by atoms with Crippen molar-refractivity contribution in [3.8, 4) is 11.4 Å². The molecule has 0 radical (unpaired) electrons. The van der Waals surface area contributed by atoms with Gasteiger partial charge in [-0.05, 0) is 48.9 Å². The van der Waals surface area contributed by atoms with E-state index in [2.05, 4.69) is 15.4 Å². The smallest absolute Gasteiger partial charge is 0.435 e. The molecule has 4 aromatic rings. The topological polar surface area (TPSA) is 89.4 Å². The number of carbonyl (C=O) groups is 2. The van der Waals surface area contributed by atoms with Gasteiger partial charge in [-0.15, -0.1) is 0 Å². The van der Waals surface area contributed by atoms with Crippen molar-refractivity contribution in [3.05, 3.63) is 95.6 Å². The molecule has 0 unspecified atom stereocenters. The summed E-state index contributed by atoms with van der Waals surface area (Å²) in [5, 5.41) is 6.50. The highest BCUT2D eigenvalue weighted by molar-refractivity contribution is 6.09. The van der Waals surface area contributed by atoms with Gasteiger partial charge < -0.3 is 15.0 Å². The van der Waals surface area contributed by atoms with Gasteiger partial charge in [0.25, 0.3) is 11.8 Å². The highest BCUT2D eigenvalue weighted by Crippen LogP contribution is 2.38. The van der Waals surface area contributed by atoms with Gasteiger partial charge in [0.05, 0.1) is 30.2 Å². The molecule has 3 heterocycles. The number of hydrogen-bond acceptors (Lipinski definition) is 5. The Morgan fingerprint density at radius 2 is 1.86 bits per heavy atom. The number of pyridine rings is 1. The van der Waals surface area contributed by atoms with Gasteiger partial charge in [-0.3, -0.25) is 14.6 Å². The van der Waals surface area contributed by atoms with Crippen LogP contribution in [0.2, 0.25) is 0 Å². The molecule has 2 amide bonds. The van der Waals surface area contributed by atoms with Crippen LogP contribution in [0.5, 0.6) is 5.75 Å². The van der Waals surface area contributed by atoms with Crippen molar-refractivity contribution in [2.45, 2.75) is 12.6 Å². The van der Waals surface area contributed by atoms with E-state index in [1.807, 2.05) is 0 Å². The Balaban J connectivity index is 1.67. The van der Waals surface area contributed by atoms with E-state index in [4.69, 9.17) is 4.74 Å². The molecule has 1 aliphatic heterocycles. The van der Waals surface area contributed by atoms with Gasteiger partial charge in [0, 0.05) is 24.0 Å². The van der Waals surface area contributed by atoms with Crippen LogP contribution in [-0.2, 0) is 12.6 Å². The fourth-order valence-electron chi connectivity index (χ4n) is 4.26. The third kappa shape index (κ3) is 4.51. The minimum atomic E-state index is -4.80. The summed E-state index contributed by atoms with van der Waals surface area (Å²) in [6.45, 7) is 0.0571. The van der Waals surface area contributed by atoms with Gasteiger partial charge in [-0.25, -0.2) is 4.68 Å². The first-order chi connectivity index (χ1) is 17.8. The van der Waals surface area contributed by atoms with Crippen LogP contribution in [0.3, 0.4) is 0 Å². The lowest BCUT2D eigenvalue weighted by atomic mass is 10.0. The number of amides is 2. The molecule has 2 aromatic carbocycles. The van der Waals surface area contributed by atoms with E-state index in [9.17, 15) is 22.8 Å². The number of hydrogen-bond donors (Lipinski definition) is 1. The third-order valence-electron chi connectivity index (χ3n) is 5.95. The zero-order valence-electron chi connectivity index (χ0n) is 19.5. The van der Waals surface area contributed by atoms with E-state index >= 15 is 0 Å². The molecule has 0 atom stereocenters. The second-order valence-corrected chi connectivity index (χ2v) is 8.21. The number of benzene rings is 2. The standard InChI is InChI=1S/C26H20F3N5O3/c1-37-18-9-10-21(20(14-18)24(35)31-16-6-5-12-30-15-16)34-22-19(23(32-34)26(27,28)29)11-13-33(25(22)36)17-7-3-2-4-8-17/h2-10,12,14-15H,11,13H2,1H3,(H,31,35). The summed E-state index contributed by atoms with van der Waals surface area (Å²) in [5.74, 6) is -0.984. The number of ether oxygens (including phenoxy) is 1. The van der Waals surface area contributed by atoms with E-state index in [0.717, 1.165) is 4.68 Å². The second kappa shape index (κ2) is 9.41. The van der Waals surface area contributed by atoms with E-state index in [1.165, 1.54) is 42.6 Å². The van der Waals surface area contributed by atoms with Gasteiger partial charge in [0.2, 0.25) is 0 Å². The van der Waals surface area contributed by atoms with Crippen molar-refractivity contribution in [2.24, 2.45) is 0 Å². The lowest BCUT2D eigenvalue weighted by Crippen LogP contribution is -2.39. The normalized spacial score (nSPS) is 13.3. The first kappa shape index (κ1) is 24.0. The molecule has 5 rings (SSSR count). The molecule has 0 aliphatic carbocycles. The molecule has 0 spiro atoms. The van der Waals surface area contributed by atoms with Crippen LogP contribution < -0.4 is 15.0 Å². The fourth-order valence-corrected chi connectivity index (χ4v) is 4.26. The maximum absolute atomic E-state index is 14.0. The Bertz CT molecular complexity index is 1470. The molecular weight excluding hydrogens is 487 g/mol. The van der Waals surface area contributed by atoms with E-state index in [1.54, 1.807) is 42.5 Å². The van der Waals surface area contributed by atoms with E-state index in [-0.39, 0.29) is 35.5 Å². The lowest BCUT2D eigenvalue weighted by Gasteiger charge is -2.28. The minimum absolute atomic E-state index is 0.00259. The predicted octanol–water partition coefficient (Wildman–Crippen LogP) is 4.75. The summed E-state index contributed by atoms with van der Waals surface area (Å²) < 4.78 is 48.2. The largest absolute Gasteiger partial charge is 0.497 e. The van der Waals surface area contributed by atoms with Gasteiger partial charge in [-0.1, -0.05) is 18.2 Å². The molecule has 0 bridgehead atoms. The Labute approximate surface area is 209 Å². The highest BCUT2D eigenvalue weighted by Gasteiger charge is 2.43. The Kier molecular flexibility index (Phi) is 6.12. The molecule has 2 aromatic heterocycles. The number of para-hydroxylation sites is 1. The second-order valence-electron chi connectivity index (χ2n) is 8.21. The molecular formula is C26H20F3N5O3. The molecule has 37 heavy (non-hydrogen) atoms. The molecule has 0 saturated heterocycles. The zero-order chi connectivity index (χ0) is 26.2. The summed E-state index contributed by atoms with van der Waals surface area (Å²) in [4.78, 5) is 32.2. The SMILES string of the molecule is COc1ccc(-n2nc(C(F)(F)F)c3c2C(=O)N(c2ccccc2)CC3)c(C(=O)Nc2cccnc2)c1. The Morgan fingerprint density at radius 3 is 2.54 bits per heavy atom. The first-order valence-electron chi connectivity index (χ1n) is 11.2. The molecule has 188 valence electrons. The molecule has 1 N–H and O–H groups in total. The van der Waals surface area contributed by atoms with Crippen LogP contribution in [0.15, 0.2) is 73.1 Å². The van der Waals surface area contributed by atoms with Crippen LogP contribution in [0.4, 0.5) is 24.5 Å². The number of nitrogens with one attached hydrogen (secondary N) is 1. The highest BCUT2D eigenvalue weighted by atomic mass is 19.4. The number of rotatable bonds is 5. The summed E-state index contributed by atoms with van der Waals surface area (Å²) in [5.41, 5.74) is -0.723. The lowest BCUT2D eigenvalue weighted by molar-refractivity contribution is -0.141. The molecule has 0 fully saturated rings. The van der Waals surface area contributed by atoms with Gasteiger partial charge in [0.1, 0.15) is 11.4 Å². The monoisotopic (exact) mass is 507 g/mol. The van der Waals surface area contributed by atoms with E-state index < -0.39 is 23.7 Å². The van der Waals surface area contributed by atoms with Gasteiger partial charge in [-0.2, -0.15) is 18.3 Å². The maximum atomic E-state index is 14.0. The van der Waals surface area contributed by atoms with Crippen molar-refractivity contribution in [2.75, 3.05) is 23.9 Å². The quantitative estimate of drug-likeness (QED) is 0.421. The zero-order valence-corrected chi connectivity index (χ0v) is 19.5. The maximum Gasteiger partial charge on any atom is 0.435 e. The summed E-state index contributed by atoms with van der Waals surface area (Å²) in [7, 11) is 1.40. The Morgan fingerprint density at radius 1 is 1.08 bits per heavy atom. The number of anilines is 2. The van der Waals surface area contributed by atoms with Crippen LogP contribution in [-0.4, -0.2) is 40.2 Å².